The highest BCUT2D eigenvalue weighted by atomic mass is 32.1. The molecule has 0 aliphatic rings. The second-order valence-corrected chi connectivity index (χ2v) is 6.08. The second kappa shape index (κ2) is 6.37. The summed E-state index contributed by atoms with van der Waals surface area (Å²) < 4.78 is 1.54. The first-order chi connectivity index (χ1) is 10.7. The number of rotatable bonds is 5. The van der Waals surface area contributed by atoms with Crippen LogP contribution >= 0.6 is 11.3 Å². The van der Waals surface area contributed by atoms with Gasteiger partial charge in [-0.2, -0.15) is 0 Å². The summed E-state index contributed by atoms with van der Waals surface area (Å²) in [5, 5.41) is 6.60. The number of aryl methyl sites for hydroxylation is 1. The first-order valence-electron chi connectivity index (χ1n) is 7.32. The summed E-state index contributed by atoms with van der Waals surface area (Å²) in [7, 11) is 0. The smallest absolute Gasteiger partial charge is 0.258 e. The molecule has 3 aromatic heterocycles. The molecule has 0 saturated carbocycles. The van der Waals surface area contributed by atoms with E-state index in [4.69, 9.17) is 0 Å². The molecule has 0 saturated heterocycles. The summed E-state index contributed by atoms with van der Waals surface area (Å²) in [6.45, 7) is 4.72. The number of fused-ring (bicyclic) bond motifs is 1. The van der Waals surface area contributed by atoms with Gasteiger partial charge in [0.1, 0.15) is 5.65 Å². The lowest BCUT2D eigenvalue weighted by Gasteiger charge is -2.11. The first kappa shape index (κ1) is 14.9. The van der Waals surface area contributed by atoms with E-state index in [1.165, 1.54) is 0 Å². The lowest BCUT2D eigenvalue weighted by atomic mass is 10.2. The Morgan fingerprint density at radius 3 is 3.00 bits per heavy atom. The van der Waals surface area contributed by atoms with Crippen molar-refractivity contribution in [3.8, 4) is 0 Å². The second-order valence-electron chi connectivity index (χ2n) is 5.14. The summed E-state index contributed by atoms with van der Waals surface area (Å²) >= 11 is 1.68. The third-order valence-corrected chi connectivity index (χ3v) is 4.54. The van der Waals surface area contributed by atoms with Crippen molar-refractivity contribution >= 4 is 17.0 Å². The largest absolute Gasteiger partial charge is 0.303 e. The zero-order valence-corrected chi connectivity index (χ0v) is 13.4. The van der Waals surface area contributed by atoms with Crippen LogP contribution in [-0.4, -0.2) is 14.4 Å². The maximum absolute atomic E-state index is 12.0. The summed E-state index contributed by atoms with van der Waals surface area (Å²) in [4.78, 5) is 21.1. The van der Waals surface area contributed by atoms with Gasteiger partial charge in [-0.3, -0.25) is 9.20 Å². The van der Waals surface area contributed by atoms with E-state index in [1.54, 1.807) is 28.0 Å². The average Bonchev–Trinajstić information content (AvgIpc) is 3.02. The molecule has 3 heterocycles. The van der Waals surface area contributed by atoms with Crippen LogP contribution in [0.25, 0.3) is 5.65 Å². The van der Waals surface area contributed by atoms with Crippen molar-refractivity contribution in [2.24, 2.45) is 0 Å². The predicted molar refractivity (Wildman–Crippen MR) is 88.2 cm³/mol. The van der Waals surface area contributed by atoms with Gasteiger partial charge in [-0.25, -0.2) is 9.97 Å². The number of hydrogen-bond donors (Lipinski definition) is 1. The van der Waals surface area contributed by atoms with Crippen molar-refractivity contribution in [1.29, 1.82) is 0 Å². The molecule has 0 amide bonds. The van der Waals surface area contributed by atoms with E-state index < -0.39 is 0 Å². The highest BCUT2D eigenvalue weighted by Crippen LogP contribution is 2.17. The van der Waals surface area contributed by atoms with Crippen molar-refractivity contribution in [2.45, 2.75) is 32.9 Å². The van der Waals surface area contributed by atoms with Crippen molar-refractivity contribution < 1.29 is 0 Å². The lowest BCUT2D eigenvalue weighted by molar-refractivity contribution is 0.556. The maximum Gasteiger partial charge on any atom is 0.258 e. The summed E-state index contributed by atoms with van der Waals surface area (Å²) in [5.41, 5.74) is 2.40. The number of nitrogens with zero attached hydrogens (tertiary/aromatic N) is 3. The molecule has 0 bridgehead atoms. The molecule has 3 aromatic rings. The molecule has 0 fully saturated rings. The Hall–Kier alpha value is -2.05. The van der Waals surface area contributed by atoms with Crippen LogP contribution in [0, 0.1) is 0 Å². The van der Waals surface area contributed by atoms with E-state index in [-0.39, 0.29) is 11.6 Å². The molecule has 3 rings (SSSR count). The quantitative estimate of drug-likeness (QED) is 0.786. The first-order valence-corrected chi connectivity index (χ1v) is 8.20. The predicted octanol–water partition coefficient (Wildman–Crippen LogP) is 2.56. The van der Waals surface area contributed by atoms with Crippen LogP contribution < -0.4 is 10.9 Å². The molecule has 0 aliphatic heterocycles. The minimum atomic E-state index is -0.0584. The normalized spacial score (nSPS) is 12.6. The molecular formula is C16H18N4OS. The van der Waals surface area contributed by atoms with Crippen molar-refractivity contribution in [3.63, 3.8) is 0 Å². The van der Waals surface area contributed by atoms with E-state index in [1.807, 2.05) is 18.2 Å². The molecule has 114 valence electrons. The zero-order valence-electron chi connectivity index (χ0n) is 12.6. The average molecular weight is 314 g/mol. The molecular weight excluding hydrogens is 296 g/mol. The molecule has 1 N–H and O–H groups in total. The highest BCUT2D eigenvalue weighted by Gasteiger charge is 2.10. The van der Waals surface area contributed by atoms with Gasteiger partial charge in [0.15, 0.2) is 0 Å². The van der Waals surface area contributed by atoms with Crippen molar-refractivity contribution in [1.82, 2.24) is 19.7 Å². The Morgan fingerprint density at radius 2 is 2.23 bits per heavy atom. The molecule has 0 spiro atoms. The number of aromatic nitrogens is 3. The third-order valence-electron chi connectivity index (χ3n) is 3.53. The van der Waals surface area contributed by atoms with Crippen LogP contribution in [0.5, 0.6) is 0 Å². The summed E-state index contributed by atoms with van der Waals surface area (Å²) in [6, 6.07) is 7.24. The molecule has 0 aromatic carbocycles. The molecule has 6 heteroatoms. The Bertz CT molecular complexity index is 839. The molecule has 1 unspecified atom stereocenters. The van der Waals surface area contributed by atoms with Crippen molar-refractivity contribution in [2.75, 3.05) is 0 Å². The van der Waals surface area contributed by atoms with Gasteiger partial charge in [0, 0.05) is 30.2 Å². The molecule has 1 atom stereocenters. The minimum absolute atomic E-state index is 0.0584. The van der Waals surface area contributed by atoms with Gasteiger partial charge in [-0.15, -0.1) is 11.3 Å². The fraction of sp³-hybridized carbons (Fsp3) is 0.312. The Kier molecular flexibility index (Phi) is 4.31. The van der Waals surface area contributed by atoms with Crippen LogP contribution in [-0.2, 0) is 13.0 Å². The van der Waals surface area contributed by atoms with E-state index in [2.05, 4.69) is 34.5 Å². The third kappa shape index (κ3) is 3.08. The van der Waals surface area contributed by atoms with E-state index in [9.17, 15) is 4.79 Å². The van der Waals surface area contributed by atoms with E-state index >= 15 is 0 Å². The van der Waals surface area contributed by atoms with Crippen LogP contribution in [0.4, 0.5) is 0 Å². The fourth-order valence-electron chi connectivity index (χ4n) is 2.24. The topological polar surface area (TPSA) is 59.3 Å². The van der Waals surface area contributed by atoms with Gasteiger partial charge >= 0.3 is 0 Å². The molecule has 5 nitrogen and oxygen atoms in total. The Balaban J connectivity index is 1.74. The van der Waals surface area contributed by atoms with Gasteiger partial charge in [0.25, 0.3) is 5.56 Å². The number of pyridine rings is 1. The van der Waals surface area contributed by atoms with Crippen LogP contribution in [0.2, 0.25) is 0 Å². The van der Waals surface area contributed by atoms with Crippen LogP contribution in [0.1, 0.15) is 36.3 Å². The van der Waals surface area contributed by atoms with E-state index in [0.29, 0.717) is 12.2 Å². The molecule has 22 heavy (non-hydrogen) atoms. The zero-order chi connectivity index (χ0) is 15.5. The maximum atomic E-state index is 12.0. The van der Waals surface area contributed by atoms with Gasteiger partial charge < -0.3 is 5.32 Å². The van der Waals surface area contributed by atoms with Crippen LogP contribution in [0.15, 0.2) is 40.6 Å². The summed E-state index contributed by atoms with van der Waals surface area (Å²) in [6.07, 6.45) is 2.69. The minimum Gasteiger partial charge on any atom is -0.303 e. The Labute approximate surface area is 132 Å². The number of hydrogen-bond acceptors (Lipinski definition) is 5. The van der Waals surface area contributed by atoms with Gasteiger partial charge in [-0.05, 0) is 25.5 Å². The monoisotopic (exact) mass is 314 g/mol. The van der Waals surface area contributed by atoms with E-state index in [0.717, 1.165) is 22.8 Å². The fourth-order valence-corrected chi connectivity index (χ4v) is 3.08. The molecule has 0 radical (unpaired) electrons. The number of nitrogens with one attached hydrogen (secondary N) is 1. The van der Waals surface area contributed by atoms with Gasteiger partial charge in [0.05, 0.1) is 16.4 Å². The van der Waals surface area contributed by atoms with Crippen LogP contribution in [0.3, 0.4) is 0 Å². The van der Waals surface area contributed by atoms with Gasteiger partial charge in [0.2, 0.25) is 0 Å². The molecule has 0 aliphatic carbocycles. The highest BCUT2D eigenvalue weighted by molar-refractivity contribution is 7.09. The lowest BCUT2D eigenvalue weighted by Crippen LogP contribution is -2.22. The standard InChI is InChI=1S/C16H18N4OS/c1-3-15-19-13(10-22-15)11(2)17-9-12-8-16(21)20-7-5-4-6-14(20)18-12/h4-8,10-11,17H,3,9H2,1-2H3. The Morgan fingerprint density at radius 1 is 1.36 bits per heavy atom. The SMILES string of the molecule is CCc1nc(C(C)NCc2cc(=O)n3ccccc3n2)cs1. The number of thiazole rings is 1. The summed E-state index contributed by atoms with van der Waals surface area (Å²) in [5.74, 6) is 0. The van der Waals surface area contributed by atoms with Crippen molar-refractivity contribution in [3.05, 3.63) is 62.6 Å². The van der Waals surface area contributed by atoms with Gasteiger partial charge in [-0.1, -0.05) is 13.0 Å².